The third-order valence-electron chi connectivity index (χ3n) is 3.32. The highest BCUT2D eigenvalue weighted by atomic mass is 79.9. The molecular formula is C15H14BrN3O2. The molecule has 2 N–H and O–H groups in total. The second-order valence-corrected chi connectivity index (χ2v) is 5.67. The van der Waals surface area contributed by atoms with Crippen LogP contribution in [0, 0.1) is 0 Å². The number of benzene rings is 1. The van der Waals surface area contributed by atoms with E-state index < -0.39 is 0 Å². The van der Waals surface area contributed by atoms with E-state index in [1.807, 2.05) is 37.5 Å². The molecule has 1 aromatic carbocycles. The average Bonchev–Trinajstić information content (AvgIpc) is 2.48. The van der Waals surface area contributed by atoms with Crippen molar-refractivity contribution >= 4 is 27.5 Å². The molecule has 3 rings (SSSR count). The van der Waals surface area contributed by atoms with E-state index in [2.05, 4.69) is 31.5 Å². The Morgan fingerprint density at radius 1 is 1.33 bits per heavy atom. The minimum Gasteiger partial charge on any atom is -0.482 e. The van der Waals surface area contributed by atoms with Crippen LogP contribution < -0.4 is 15.4 Å². The van der Waals surface area contributed by atoms with Crippen molar-refractivity contribution < 1.29 is 9.53 Å². The van der Waals surface area contributed by atoms with Crippen LogP contribution in [0.5, 0.6) is 5.75 Å². The third kappa shape index (κ3) is 2.91. The normalized spacial score (nSPS) is 14.9. The molecule has 1 aromatic heterocycles. The predicted octanol–water partition coefficient (Wildman–Crippen LogP) is 2.48. The van der Waals surface area contributed by atoms with Crippen molar-refractivity contribution in [3.63, 3.8) is 0 Å². The topological polar surface area (TPSA) is 63.2 Å². The van der Waals surface area contributed by atoms with Gasteiger partial charge in [0.15, 0.2) is 6.61 Å². The summed E-state index contributed by atoms with van der Waals surface area (Å²) in [6, 6.07) is 7.79. The fraction of sp³-hybridized carbons (Fsp3) is 0.200. The number of ether oxygens (including phenoxy) is 1. The van der Waals surface area contributed by atoms with E-state index in [-0.39, 0.29) is 18.6 Å². The van der Waals surface area contributed by atoms with Gasteiger partial charge >= 0.3 is 0 Å². The van der Waals surface area contributed by atoms with Gasteiger partial charge in [0.05, 0.1) is 11.7 Å². The van der Waals surface area contributed by atoms with Crippen LogP contribution in [0.2, 0.25) is 0 Å². The summed E-state index contributed by atoms with van der Waals surface area (Å²) in [4.78, 5) is 15.6. The van der Waals surface area contributed by atoms with Crippen LogP contribution in [0.15, 0.2) is 41.1 Å². The van der Waals surface area contributed by atoms with Gasteiger partial charge in [-0.2, -0.15) is 0 Å². The first kappa shape index (κ1) is 14.0. The van der Waals surface area contributed by atoms with E-state index in [9.17, 15) is 4.79 Å². The van der Waals surface area contributed by atoms with Gasteiger partial charge in [-0.15, -0.1) is 0 Å². The lowest BCUT2D eigenvalue weighted by Gasteiger charge is -2.22. The van der Waals surface area contributed by atoms with Crippen LogP contribution in [-0.4, -0.2) is 24.5 Å². The highest BCUT2D eigenvalue weighted by molar-refractivity contribution is 9.10. The van der Waals surface area contributed by atoms with Crippen molar-refractivity contribution in [3.05, 3.63) is 52.3 Å². The zero-order valence-electron chi connectivity index (χ0n) is 11.4. The molecule has 0 saturated heterocycles. The molecule has 0 fully saturated rings. The Bertz CT molecular complexity index is 690. The van der Waals surface area contributed by atoms with Crippen molar-refractivity contribution in [2.24, 2.45) is 0 Å². The van der Waals surface area contributed by atoms with E-state index in [1.165, 1.54) is 0 Å². The smallest absolute Gasteiger partial charge is 0.262 e. The summed E-state index contributed by atoms with van der Waals surface area (Å²) in [5, 5.41) is 6.09. The molecule has 0 aliphatic carbocycles. The summed E-state index contributed by atoms with van der Waals surface area (Å²) in [5.41, 5.74) is 2.77. The molecule has 2 aromatic rings. The summed E-state index contributed by atoms with van der Waals surface area (Å²) in [5.74, 6) is 0.561. The van der Waals surface area contributed by atoms with Crippen LogP contribution >= 0.6 is 15.9 Å². The Labute approximate surface area is 130 Å². The van der Waals surface area contributed by atoms with Gasteiger partial charge in [-0.05, 0) is 52.3 Å². The molecular weight excluding hydrogens is 334 g/mol. The van der Waals surface area contributed by atoms with E-state index in [0.717, 1.165) is 15.6 Å². The Morgan fingerprint density at radius 3 is 2.95 bits per heavy atom. The third-order valence-corrected chi connectivity index (χ3v) is 3.75. The Morgan fingerprint density at radius 2 is 2.19 bits per heavy atom. The van der Waals surface area contributed by atoms with E-state index in [4.69, 9.17) is 4.74 Å². The standard InChI is InChI=1S/C15H14BrN3O2/c1-17-15(10-4-11(16)7-18-6-10)9-2-3-13-12(5-9)19-14(20)8-21-13/h2-7,15,17H,8H2,1H3,(H,19,20). The lowest BCUT2D eigenvalue weighted by atomic mass is 9.99. The van der Waals surface area contributed by atoms with Gasteiger partial charge in [0, 0.05) is 16.9 Å². The van der Waals surface area contributed by atoms with Crippen molar-refractivity contribution in [2.75, 3.05) is 19.0 Å². The first-order valence-corrected chi connectivity index (χ1v) is 7.31. The van der Waals surface area contributed by atoms with Crippen LogP contribution in [0.4, 0.5) is 5.69 Å². The molecule has 1 aliphatic rings. The number of rotatable bonds is 3. The maximum absolute atomic E-state index is 11.4. The second kappa shape index (κ2) is 5.83. The summed E-state index contributed by atoms with van der Waals surface area (Å²) < 4.78 is 6.30. The summed E-state index contributed by atoms with van der Waals surface area (Å²) in [7, 11) is 1.89. The number of carbonyl (C=O) groups excluding carboxylic acids is 1. The second-order valence-electron chi connectivity index (χ2n) is 4.75. The largest absolute Gasteiger partial charge is 0.482 e. The van der Waals surface area contributed by atoms with Crippen LogP contribution in [0.1, 0.15) is 17.2 Å². The quantitative estimate of drug-likeness (QED) is 0.895. The number of hydrogen-bond donors (Lipinski definition) is 2. The number of amides is 1. The molecule has 108 valence electrons. The minimum absolute atomic E-state index is 0.0147. The van der Waals surface area contributed by atoms with Crippen LogP contribution in [0.25, 0.3) is 0 Å². The maximum Gasteiger partial charge on any atom is 0.262 e. The Hall–Kier alpha value is -1.92. The fourth-order valence-corrected chi connectivity index (χ4v) is 2.77. The van der Waals surface area contributed by atoms with E-state index in [1.54, 1.807) is 6.20 Å². The zero-order chi connectivity index (χ0) is 14.8. The van der Waals surface area contributed by atoms with Gasteiger partial charge in [-0.1, -0.05) is 6.07 Å². The van der Waals surface area contributed by atoms with Gasteiger partial charge in [0.2, 0.25) is 0 Å². The summed E-state index contributed by atoms with van der Waals surface area (Å²) in [6.07, 6.45) is 3.57. The molecule has 21 heavy (non-hydrogen) atoms. The lowest BCUT2D eigenvalue weighted by Crippen LogP contribution is -2.26. The predicted molar refractivity (Wildman–Crippen MR) is 83.4 cm³/mol. The van der Waals surface area contributed by atoms with Gasteiger partial charge in [-0.25, -0.2) is 0 Å². The molecule has 1 amide bonds. The number of nitrogens with one attached hydrogen (secondary N) is 2. The van der Waals surface area contributed by atoms with Gasteiger partial charge < -0.3 is 15.4 Å². The van der Waals surface area contributed by atoms with Crippen molar-refractivity contribution in [2.45, 2.75) is 6.04 Å². The first-order valence-electron chi connectivity index (χ1n) is 6.51. The average molecular weight is 348 g/mol. The fourth-order valence-electron chi connectivity index (χ4n) is 2.39. The lowest BCUT2D eigenvalue weighted by molar-refractivity contribution is -0.118. The number of fused-ring (bicyclic) bond motifs is 1. The van der Waals surface area contributed by atoms with E-state index >= 15 is 0 Å². The molecule has 5 nitrogen and oxygen atoms in total. The Balaban J connectivity index is 1.98. The number of pyridine rings is 1. The van der Waals surface area contributed by atoms with Crippen molar-refractivity contribution in [3.8, 4) is 5.75 Å². The highest BCUT2D eigenvalue weighted by Gasteiger charge is 2.19. The number of aromatic nitrogens is 1. The number of nitrogens with zero attached hydrogens (tertiary/aromatic N) is 1. The van der Waals surface area contributed by atoms with Gasteiger partial charge in [0.1, 0.15) is 5.75 Å². The molecule has 0 spiro atoms. The molecule has 1 atom stereocenters. The maximum atomic E-state index is 11.4. The number of halogens is 1. The number of anilines is 1. The zero-order valence-corrected chi connectivity index (χ0v) is 13.0. The van der Waals surface area contributed by atoms with Gasteiger partial charge in [-0.3, -0.25) is 9.78 Å². The molecule has 1 aliphatic heterocycles. The number of hydrogen-bond acceptors (Lipinski definition) is 4. The molecule has 1 unspecified atom stereocenters. The molecule has 0 bridgehead atoms. The van der Waals surface area contributed by atoms with Crippen molar-refractivity contribution in [1.29, 1.82) is 0 Å². The summed E-state index contributed by atoms with van der Waals surface area (Å²) >= 11 is 3.43. The van der Waals surface area contributed by atoms with Crippen LogP contribution in [-0.2, 0) is 4.79 Å². The number of carbonyl (C=O) groups is 1. The monoisotopic (exact) mass is 347 g/mol. The highest BCUT2D eigenvalue weighted by Crippen LogP contribution is 2.32. The van der Waals surface area contributed by atoms with Crippen molar-refractivity contribution in [1.82, 2.24) is 10.3 Å². The van der Waals surface area contributed by atoms with Gasteiger partial charge in [0.25, 0.3) is 5.91 Å². The molecule has 6 heteroatoms. The molecule has 0 radical (unpaired) electrons. The molecule has 0 saturated carbocycles. The SMILES string of the molecule is CNC(c1cncc(Br)c1)c1ccc2c(c1)NC(=O)CO2. The molecule has 2 heterocycles. The minimum atomic E-state index is -0.134. The van der Waals surface area contributed by atoms with E-state index in [0.29, 0.717) is 11.4 Å². The summed E-state index contributed by atoms with van der Waals surface area (Å²) in [6.45, 7) is 0.0668. The van der Waals surface area contributed by atoms with Crippen LogP contribution in [0.3, 0.4) is 0 Å². The first-order chi connectivity index (χ1) is 10.2. The Kier molecular flexibility index (Phi) is 3.90.